The van der Waals surface area contributed by atoms with Gasteiger partial charge in [-0.1, -0.05) is 66.7 Å². The molecule has 1 aliphatic rings. The summed E-state index contributed by atoms with van der Waals surface area (Å²) in [6.07, 6.45) is 6.94. The molecule has 4 rings (SSSR count). The third-order valence-electron chi connectivity index (χ3n) is 4.56. The minimum Gasteiger partial charge on any atom is -0.0836 e. The van der Waals surface area contributed by atoms with E-state index in [0.29, 0.717) is 0 Å². The molecular formula is C21H18. The van der Waals surface area contributed by atoms with Crippen LogP contribution in [0.25, 0.3) is 28.0 Å². The molecule has 21 heavy (non-hydrogen) atoms. The lowest BCUT2D eigenvalue weighted by Gasteiger charge is -2.21. The van der Waals surface area contributed by atoms with Crippen LogP contribution in [-0.4, -0.2) is 0 Å². The Hall–Kier alpha value is -2.34. The van der Waals surface area contributed by atoms with Gasteiger partial charge in [-0.25, -0.2) is 0 Å². The van der Waals surface area contributed by atoms with Crippen LogP contribution in [0.15, 0.2) is 60.7 Å². The Labute approximate surface area is 125 Å². The topological polar surface area (TPSA) is 0 Å². The van der Waals surface area contributed by atoms with E-state index in [1.165, 1.54) is 38.6 Å². The third-order valence-corrected chi connectivity index (χ3v) is 4.56. The van der Waals surface area contributed by atoms with Crippen LogP contribution >= 0.6 is 0 Å². The minimum atomic E-state index is 1.15. The van der Waals surface area contributed by atoms with Crippen molar-refractivity contribution in [1.29, 1.82) is 0 Å². The second-order valence-corrected chi connectivity index (χ2v) is 5.74. The van der Waals surface area contributed by atoms with Gasteiger partial charge in [0.05, 0.1) is 0 Å². The lowest BCUT2D eigenvalue weighted by molar-refractivity contribution is 0.976. The van der Waals surface area contributed by atoms with Gasteiger partial charge in [0.1, 0.15) is 0 Å². The summed E-state index contributed by atoms with van der Waals surface area (Å²) in [5.41, 5.74) is 7.10. The summed E-state index contributed by atoms with van der Waals surface area (Å²) in [6.45, 7) is 2.27. The van der Waals surface area contributed by atoms with E-state index < -0.39 is 0 Å². The SMILES string of the molecule is Cc1c2c(c(-c3ccccc3)c3ccccc13)C=CCC2. The third kappa shape index (κ3) is 1.91. The van der Waals surface area contributed by atoms with Crippen molar-refractivity contribution in [2.24, 2.45) is 0 Å². The van der Waals surface area contributed by atoms with Gasteiger partial charge in [-0.2, -0.15) is 0 Å². The molecule has 0 unspecified atom stereocenters. The molecule has 0 N–H and O–H groups in total. The maximum absolute atomic E-state index is 2.32. The Morgan fingerprint density at radius 2 is 1.52 bits per heavy atom. The van der Waals surface area contributed by atoms with E-state index in [1.807, 2.05) is 0 Å². The summed E-state index contributed by atoms with van der Waals surface area (Å²) >= 11 is 0. The normalized spacial score (nSPS) is 13.4. The molecule has 102 valence electrons. The number of aryl methyl sites for hydroxylation is 1. The Morgan fingerprint density at radius 3 is 2.33 bits per heavy atom. The first-order valence-electron chi connectivity index (χ1n) is 7.62. The molecule has 0 spiro atoms. The van der Waals surface area contributed by atoms with E-state index in [1.54, 1.807) is 0 Å². The summed E-state index contributed by atoms with van der Waals surface area (Å²) in [5, 5.41) is 2.76. The highest BCUT2D eigenvalue weighted by Gasteiger charge is 2.17. The zero-order chi connectivity index (χ0) is 14.2. The first-order chi connectivity index (χ1) is 10.4. The average Bonchev–Trinajstić information content (AvgIpc) is 2.56. The molecule has 0 saturated heterocycles. The number of benzene rings is 3. The van der Waals surface area contributed by atoms with E-state index in [2.05, 4.69) is 73.7 Å². The number of fused-ring (bicyclic) bond motifs is 2. The van der Waals surface area contributed by atoms with Crippen LogP contribution in [0.2, 0.25) is 0 Å². The van der Waals surface area contributed by atoms with Gasteiger partial charge in [-0.05, 0) is 58.4 Å². The summed E-state index contributed by atoms with van der Waals surface area (Å²) in [7, 11) is 0. The lowest BCUT2D eigenvalue weighted by atomic mass is 9.83. The van der Waals surface area contributed by atoms with Gasteiger partial charge in [-0.15, -0.1) is 0 Å². The number of allylic oxidation sites excluding steroid dienone is 1. The monoisotopic (exact) mass is 270 g/mol. The molecule has 0 radical (unpaired) electrons. The van der Waals surface area contributed by atoms with Crippen molar-refractivity contribution >= 4 is 16.8 Å². The minimum absolute atomic E-state index is 1.15. The highest BCUT2D eigenvalue weighted by Crippen LogP contribution is 2.39. The molecule has 0 fully saturated rings. The van der Waals surface area contributed by atoms with Gasteiger partial charge < -0.3 is 0 Å². The number of rotatable bonds is 1. The van der Waals surface area contributed by atoms with Crippen LogP contribution < -0.4 is 0 Å². The Kier molecular flexibility index (Phi) is 2.89. The summed E-state index contributed by atoms with van der Waals surface area (Å²) in [6, 6.07) is 19.6. The van der Waals surface area contributed by atoms with Crippen molar-refractivity contribution in [3.05, 3.63) is 77.4 Å². The fraction of sp³-hybridized carbons (Fsp3) is 0.143. The van der Waals surface area contributed by atoms with Gasteiger partial charge in [0, 0.05) is 0 Å². The highest BCUT2D eigenvalue weighted by atomic mass is 14.2. The van der Waals surface area contributed by atoms with E-state index in [4.69, 9.17) is 0 Å². The molecule has 0 heterocycles. The summed E-state index contributed by atoms with van der Waals surface area (Å²) in [5.74, 6) is 0. The van der Waals surface area contributed by atoms with Crippen LogP contribution in [0, 0.1) is 6.92 Å². The van der Waals surface area contributed by atoms with E-state index in [-0.39, 0.29) is 0 Å². The van der Waals surface area contributed by atoms with E-state index >= 15 is 0 Å². The fourth-order valence-corrected chi connectivity index (χ4v) is 3.54. The average molecular weight is 270 g/mol. The molecule has 0 aliphatic heterocycles. The molecule has 0 amide bonds. The van der Waals surface area contributed by atoms with Gasteiger partial charge in [0.25, 0.3) is 0 Å². The molecule has 3 aromatic rings. The molecular weight excluding hydrogens is 252 g/mol. The van der Waals surface area contributed by atoms with Crippen LogP contribution in [0.4, 0.5) is 0 Å². The number of hydrogen-bond donors (Lipinski definition) is 0. The predicted octanol–water partition coefficient (Wildman–Crippen LogP) is 5.77. The molecule has 0 heteroatoms. The molecule has 1 aliphatic carbocycles. The van der Waals surface area contributed by atoms with Crippen LogP contribution in [0.3, 0.4) is 0 Å². The van der Waals surface area contributed by atoms with Gasteiger partial charge in [-0.3, -0.25) is 0 Å². The second-order valence-electron chi connectivity index (χ2n) is 5.74. The largest absolute Gasteiger partial charge is 0.0836 e. The molecule has 0 bridgehead atoms. The first kappa shape index (κ1) is 12.4. The summed E-state index contributed by atoms with van der Waals surface area (Å²) in [4.78, 5) is 0. The van der Waals surface area contributed by atoms with Crippen molar-refractivity contribution in [2.75, 3.05) is 0 Å². The Balaban J connectivity index is 2.19. The van der Waals surface area contributed by atoms with Gasteiger partial charge in [0.15, 0.2) is 0 Å². The van der Waals surface area contributed by atoms with Crippen molar-refractivity contribution in [3.63, 3.8) is 0 Å². The zero-order valence-corrected chi connectivity index (χ0v) is 12.3. The molecule has 3 aromatic carbocycles. The lowest BCUT2D eigenvalue weighted by Crippen LogP contribution is -2.01. The standard InChI is InChI=1S/C21H18/c1-15-17-11-5-7-13-19(17)21(16-9-3-2-4-10-16)20-14-8-6-12-18(15)20/h2-5,7-11,13-14H,6,12H2,1H3. The highest BCUT2D eigenvalue weighted by molar-refractivity contribution is 6.03. The molecule has 0 atom stereocenters. The van der Waals surface area contributed by atoms with Crippen molar-refractivity contribution in [2.45, 2.75) is 19.8 Å². The predicted molar refractivity (Wildman–Crippen MR) is 91.5 cm³/mol. The number of hydrogen-bond acceptors (Lipinski definition) is 0. The maximum Gasteiger partial charge on any atom is -0.00300 e. The van der Waals surface area contributed by atoms with Crippen LogP contribution in [-0.2, 0) is 6.42 Å². The Bertz CT molecular complexity index is 839. The Morgan fingerprint density at radius 1 is 0.810 bits per heavy atom. The van der Waals surface area contributed by atoms with Crippen molar-refractivity contribution in [3.8, 4) is 11.1 Å². The van der Waals surface area contributed by atoms with E-state index in [9.17, 15) is 0 Å². The van der Waals surface area contributed by atoms with Crippen LogP contribution in [0.5, 0.6) is 0 Å². The van der Waals surface area contributed by atoms with Crippen molar-refractivity contribution in [1.82, 2.24) is 0 Å². The van der Waals surface area contributed by atoms with Crippen molar-refractivity contribution < 1.29 is 0 Å². The van der Waals surface area contributed by atoms with Crippen LogP contribution in [0.1, 0.15) is 23.1 Å². The quantitative estimate of drug-likeness (QED) is 0.526. The molecule has 0 saturated carbocycles. The first-order valence-corrected chi connectivity index (χ1v) is 7.62. The fourth-order valence-electron chi connectivity index (χ4n) is 3.54. The molecule has 0 aromatic heterocycles. The smallest absolute Gasteiger partial charge is 0.00300 e. The summed E-state index contributed by atoms with van der Waals surface area (Å²) < 4.78 is 0. The van der Waals surface area contributed by atoms with Gasteiger partial charge >= 0.3 is 0 Å². The zero-order valence-electron chi connectivity index (χ0n) is 12.3. The molecule has 0 nitrogen and oxygen atoms in total. The second kappa shape index (κ2) is 4.89. The maximum atomic E-state index is 2.32. The van der Waals surface area contributed by atoms with E-state index in [0.717, 1.165) is 12.8 Å². The van der Waals surface area contributed by atoms with Gasteiger partial charge in [0.2, 0.25) is 0 Å².